The fourth-order valence-electron chi connectivity index (χ4n) is 4.92. The third-order valence-electron chi connectivity index (χ3n) is 7.03. The highest BCUT2D eigenvalue weighted by molar-refractivity contribution is 6.36. The van der Waals surface area contributed by atoms with Crippen LogP contribution in [0.2, 0.25) is 0 Å². The van der Waals surface area contributed by atoms with Gasteiger partial charge in [-0.15, -0.1) is 15.0 Å². The van der Waals surface area contributed by atoms with Gasteiger partial charge in [-0.3, -0.25) is 14.4 Å². The summed E-state index contributed by atoms with van der Waals surface area (Å²) < 4.78 is 0. The van der Waals surface area contributed by atoms with Gasteiger partial charge in [0.25, 0.3) is 11.8 Å². The maximum atomic E-state index is 13.7. The molecule has 9 heteroatoms. The number of nitrogens with one attached hydrogen (secondary N) is 1. The summed E-state index contributed by atoms with van der Waals surface area (Å²) in [7, 11) is 0. The zero-order valence-corrected chi connectivity index (χ0v) is 22.1. The van der Waals surface area contributed by atoms with Gasteiger partial charge in [-0.2, -0.15) is 0 Å². The molecule has 2 heterocycles. The van der Waals surface area contributed by atoms with E-state index < -0.39 is 17.7 Å². The van der Waals surface area contributed by atoms with E-state index in [0.29, 0.717) is 50.0 Å². The van der Waals surface area contributed by atoms with Crippen LogP contribution in [0.1, 0.15) is 47.1 Å². The summed E-state index contributed by atoms with van der Waals surface area (Å²) in [5.74, 6) is -1.34. The van der Waals surface area contributed by atoms with Gasteiger partial charge in [0.05, 0.1) is 5.69 Å². The number of aromatic hydroxyl groups is 1. The van der Waals surface area contributed by atoms with Crippen molar-refractivity contribution >= 4 is 50.9 Å². The summed E-state index contributed by atoms with van der Waals surface area (Å²) in [5, 5.41) is 23.4. The molecule has 0 saturated heterocycles. The number of phenolic OH excluding ortho intramolecular Hbond substituents is 1. The first-order valence-electron chi connectivity index (χ1n) is 12.7. The number of imide groups is 1. The Morgan fingerprint density at radius 1 is 0.925 bits per heavy atom. The van der Waals surface area contributed by atoms with Gasteiger partial charge in [0.1, 0.15) is 22.5 Å². The Balaban J connectivity index is 1.42. The predicted octanol–water partition coefficient (Wildman–Crippen LogP) is 5.50. The topological polar surface area (TPSA) is 117 Å². The zero-order valence-electron chi connectivity index (χ0n) is 22.1. The average molecular weight is 532 g/mol. The lowest BCUT2D eigenvalue weighted by Gasteiger charge is -2.27. The molecule has 0 aliphatic carbocycles. The fourth-order valence-corrected chi connectivity index (χ4v) is 4.92. The van der Waals surface area contributed by atoms with Crippen LogP contribution in [0, 0.1) is 0 Å². The van der Waals surface area contributed by atoms with Crippen LogP contribution in [0.5, 0.6) is 5.75 Å². The number of aromatic nitrogens is 3. The van der Waals surface area contributed by atoms with Crippen molar-refractivity contribution in [3.8, 4) is 11.4 Å². The average Bonchev–Trinajstić information content (AvgIpc) is 3.35. The van der Waals surface area contributed by atoms with Crippen LogP contribution >= 0.6 is 0 Å². The van der Waals surface area contributed by atoms with Crippen molar-refractivity contribution in [2.45, 2.75) is 26.2 Å². The van der Waals surface area contributed by atoms with Crippen LogP contribution in [0.4, 0.5) is 11.4 Å². The summed E-state index contributed by atoms with van der Waals surface area (Å²) >= 11 is 0. The molecule has 4 aromatic carbocycles. The molecule has 3 amide bonds. The Labute approximate surface area is 229 Å². The summed E-state index contributed by atoms with van der Waals surface area (Å²) in [6.45, 7) is 9.70. The molecule has 6 rings (SSSR count). The van der Waals surface area contributed by atoms with E-state index >= 15 is 0 Å². The molecule has 0 bridgehead atoms. The first-order valence-corrected chi connectivity index (χ1v) is 12.7. The standard InChI is InChI=1S/C31H25N5O4/c1-5-27(38)32-22-13-11-21-28-19(22)7-6-8-20(28)29(39)35(30(21)40)18-10-12-23-24(16-18)34-36(33-23)25-15-17(31(2,3)4)9-14-26(25)37/h5-16,37H,1H2,2-4H3,(H,32,38). The summed E-state index contributed by atoms with van der Waals surface area (Å²) in [6.07, 6.45) is 1.16. The number of hydrogen-bond donors (Lipinski definition) is 2. The lowest BCUT2D eigenvalue weighted by Crippen LogP contribution is -2.40. The van der Waals surface area contributed by atoms with Crippen LogP contribution in [-0.2, 0) is 10.2 Å². The molecule has 0 fully saturated rings. The number of hydrogen-bond acceptors (Lipinski definition) is 6. The van der Waals surface area contributed by atoms with Crippen molar-refractivity contribution in [2.24, 2.45) is 0 Å². The van der Waals surface area contributed by atoms with E-state index in [2.05, 4.69) is 42.9 Å². The minimum Gasteiger partial charge on any atom is -0.506 e. The van der Waals surface area contributed by atoms with Crippen molar-refractivity contribution in [2.75, 3.05) is 10.2 Å². The van der Waals surface area contributed by atoms with E-state index in [1.165, 1.54) is 4.80 Å². The second-order valence-electron chi connectivity index (χ2n) is 10.6. The first kappa shape index (κ1) is 25.0. The Bertz CT molecular complexity index is 1890. The quantitative estimate of drug-likeness (QED) is 0.234. The maximum Gasteiger partial charge on any atom is 0.265 e. The van der Waals surface area contributed by atoms with Crippen molar-refractivity contribution in [1.29, 1.82) is 0 Å². The molecule has 0 unspecified atom stereocenters. The number of rotatable bonds is 4. The van der Waals surface area contributed by atoms with Crippen LogP contribution in [0.15, 0.2) is 79.4 Å². The van der Waals surface area contributed by atoms with Gasteiger partial charge >= 0.3 is 0 Å². The number of fused-ring (bicyclic) bond motifs is 1. The van der Waals surface area contributed by atoms with E-state index in [-0.39, 0.29) is 11.2 Å². The van der Waals surface area contributed by atoms with Crippen molar-refractivity contribution in [3.63, 3.8) is 0 Å². The molecule has 0 spiro atoms. The molecular weight excluding hydrogens is 506 g/mol. The fraction of sp³-hybridized carbons (Fsp3) is 0.129. The highest BCUT2D eigenvalue weighted by atomic mass is 16.3. The number of nitrogens with zero attached hydrogens (tertiary/aromatic N) is 4. The first-order chi connectivity index (χ1) is 19.1. The molecule has 9 nitrogen and oxygen atoms in total. The van der Waals surface area contributed by atoms with E-state index in [0.717, 1.165) is 16.5 Å². The summed E-state index contributed by atoms with van der Waals surface area (Å²) in [5.41, 5.74) is 3.78. The lowest BCUT2D eigenvalue weighted by atomic mass is 9.87. The molecule has 5 aromatic rings. The van der Waals surface area contributed by atoms with Gasteiger partial charge in [0.2, 0.25) is 5.91 Å². The molecular formula is C31H25N5O4. The maximum absolute atomic E-state index is 13.7. The highest BCUT2D eigenvalue weighted by Gasteiger charge is 2.35. The number of amides is 3. The number of anilines is 2. The van der Waals surface area contributed by atoms with Gasteiger partial charge in [-0.25, -0.2) is 4.90 Å². The predicted molar refractivity (Wildman–Crippen MR) is 153 cm³/mol. The van der Waals surface area contributed by atoms with Gasteiger partial charge in [0, 0.05) is 27.6 Å². The minimum absolute atomic E-state index is 0.0308. The monoisotopic (exact) mass is 531 g/mol. The number of benzene rings is 4. The van der Waals surface area contributed by atoms with E-state index in [1.54, 1.807) is 54.6 Å². The van der Waals surface area contributed by atoms with Crippen molar-refractivity contribution in [1.82, 2.24) is 15.0 Å². The smallest absolute Gasteiger partial charge is 0.265 e. The van der Waals surface area contributed by atoms with Crippen LogP contribution in [0.25, 0.3) is 27.5 Å². The normalized spacial score (nSPS) is 13.2. The van der Waals surface area contributed by atoms with E-state index in [1.807, 2.05) is 12.1 Å². The molecule has 2 N–H and O–H groups in total. The van der Waals surface area contributed by atoms with Gasteiger partial charge in [0.15, 0.2) is 0 Å². The lowest BCUT2D eigenvalue weighted by molar-refractivity contribution is -0.111. The molecule has 1 aromatic heterocycles. The Morgan fingerprint density at radius 2 is 1.65 bits per heavy atom. The van der Waals surface area contributed by atoms with Gasteiger partial charge in [-0.05, 0) is 65.6 Å². The molecule has 40 heavy (non-hydrogen) atoms. The Kier molecular flexibility index (Phi) is 5.55. The van der Waals surface area contributed by atoms with E-state index in [9.17, 15) is 19.5 Å². The second-order valence-corrected chi connectivity index (χ2v) is 10.6. The molecule has 1 aliphatic rings. The Morgan fingerprint density at radius 3 is 2.38 bits per heavy atom. The molecule has 1 aliphatic heterocycles. The second kappa shape index (κ2) is 8.88. The van der Waals surface area contributed by atoms with Crippen LogP contribution in [-0.4, -0.2) is 37.8 Å². The molecule has 0 saturated carbocycles. The number of carbonyl (C=O) groups excluding carboxylic acids is 3. The molecule has 0 radical (unpaired) electrons. The van der Waals surface area contributed by atoms with Crippen LogP contribution < -0.4 is 10.2 Å². The molecule has 0 atom stereocenters. The number of carbonyl (C=O) groups is 3. The van der Waals surface area contributed by atoms with Crippen molar-refractivity contribution in [3.05, 3.63) is 96.1 Å². The highest BCUT2D eigenvalue weighted by Crippen LogP contribution is 2.37. The Hall–Kier alpha value is -5.31. The largest absolute Gasteiger partial charge is 0.506 e. The number of phenols is 1. The summed E-state index contributed by atoms with van der Waals surface area (Å²) in [4.78, 5) is 41.7. The third-order valence-corrected chi connectivity index (χ3v) is 7.03. The van der Waals surface area contributed by atoms with Gasteiger partial charge < -0.3 is 10.4 Å². The minimum atomic E-state index is -0.488. The zero-order chi connectivity index (χ0) is 28.3. The molecule has 198 valence electrons. The van der Waals surface area contributed by atoms with E-state index in [4.69, 9.17) is 0 Å². The third kappa shape index (κ3) is 3.90. The SMILES string of the molecule is C=CC(=O)Nc1ccc2c3c(cccc13)C(=O)N(c1ccc3nn(-c4cc(C(C)(C)C)ccc4O)nc3c1)C2=O. The van der Waals surface area contributed by atoms with Crippen LogP contribution in [0.3, 0.4) is 0 Å². The summed E-state index contributed by atoms with van der Waals surface area (Å²) in [6, 6.07) is 18.7. The van der Waals surface area contributed by atoms with Crippen molar-refractivity contribution < 1.29 is 19.5 Å². The van der Waals surface area contributed by atoms with Gasteiger partial charge in [-0.1, -0.05) is 45.5 Å².